The Hall–Kier alpha value is -1.68. The van der Waals surface area contributed by atoms with Crippen molar-refractivity contribution in [1.82, 2.24) is 4.90 Å². The van der Waals surface area contributed by atoms with Gasteiger partial charge in [0.05, 0.1) is 18.8 Å². The SMILES string of the molecule is O[C@H]1CN(Cc2ccccc2)CCC[C@H]1OCc1ccccc1. The first-order valence-electron chi connectivity index (χ1n) is 8.41. The zero-order chi connectivity index (χ0) is 15.9. The lowest BCUT2D eigenvalue weighted by Crippen LogP contribution is -2.37. The number of hydrogen-bond acceptors (Lipinski definition) is 3. The summed E-state index contributed by atoms with van der Waals surface area (Å²) in [6.45, 7) is 3.15. The lowest BCUT2D eigenvalue weighted by Gasteiger charge is -2.25. The van der Waals surface area contributed by atoms with E-state index < -0.39 is 6.10 Å². The van der Waals surface area contributed by atoms with E-state index in [1.165, 1.54) is 5.56 Å². The number of ether oxygens (including phenoxy) is 1. The molecule has 0 aromatic heterocycles. The van der Waals surface area contributed by atoms with Crippen molar-refractivity contribution in [2.75, 3.05) is 13.1 Å². The first-order chi connectivity index (χ1) is 11.3. The maximum absolute atomic E-state index is 10.5. The predicted octanol–water partition coefficient (Wildman–Crippen LogP) is 3.23. The number of β-amino-alcohol motifs (C(OH)–C–C–N with tert-alkyl or cyclic N) is 1. The summed E-state index contributed by atoms with van der Waals surface area (Å²) in [5.74, 6) is 0. The highest BCUT2D eigenvalue weighted by Crippen LogP contribution is 2.18. The molecule has 3 rings (SSSR count). The van der Waals surface area contributed by atoms with E-state index in [1.807, 2.05) is 24.3 Å². The van der Waals surface area contributed by atoms with E-state index in [-0.39, 0.29) is 6.10 Å². The van der Waals surface area contributed by atoms with Crippen molar-refractivity contribution >= 4 is 0 Å². The van der Waals surface area contributed by atoms with Gasteiger partial charge in [-0.15, -0.1) is 0 Å². The van der Waals surface area contributed by atoms with E-state index in [0.29, 0.717) is 13.2 Å². The van der Waals surface area contributed by atoms with Crippen molar-refractivity contribution < 1.29 is 9.84 Å². The molecule has 1 fully saturated rings. The molecule has 1 aliphatic rings. The Morgan fingerprint density at radius 3 is 2.30 bits per heavy atom. The fourth-order valence-electron chi connectivity index (χ4n) is 3.14. The summed E-state index contributed by atoms with van der Waals surface area (Å²) in [4.78, 5) is 2.33. The van der Waals surface area contributed by atoms with Gasteiger partial charge in [-0.25, -0.2) is 0 Å². The third kappa shape index (κ3) is 4.90. The molecule has 0 aliphatic carbocycles. The minimum absolute atomic E-state index is 0.0732. The standard InChI is InChI=1S/C20H25NO2/c22-19-15-21(14-17-8-3-1-4-9-17)13-7-12-20(19)23-16-18-10-5-2-6-11-18/h1-6,8-11,19-20,22H,7,12-16H2/t19-,20+/m0/s1. The van der Waals surface area contributed by atoms with E-state index in [0.717, 1.165) is 31.5 Å². The minimum Gasteiger partial charge on any atom is -0.389 e. The van der Waals surface area contributed by atoms with Gasteiger partial charge >= 0.3 is 0 Å². The van der Waals surface area contributed by atoms with E-state index in [4.69, 9.17) is 4.74 Å². The second-order valence-electron chi connectivity index (χ2n) is 6.27. The molecule has 3 nitrogen and oxygen atoms in total. The third-order valence-corrected chi connectivity index (χ3v) is 4.39. The highest BCUT2D eigenvalue weighted by Gasteiger charge is 2.26. The zero-order valence-corrected chi connectivity index (χ0v) is 13.5. The quantitative estimate of drug-likeness (QED) is 0.920. The van der Waals surface area contributed by atoms with Gasteiger partial charge in [0.1, 0.15) is 0 Å². The van der Waals surface area contributed by atoms with Crippen molar-refractivity contribution in [3.05, 3.63) is 71.8 Å². The van der Waals surface area contributed by atoms with Gasteiger partial charge < -0.3 is 9.84 Å². The van der Waals surface area contributed by atoms with Crippen molar-refractivity contribution in [1.29, 1.82) is 0 Å². The van der Waals surface area contributed by atoms with Gasteiger partial charge in [0.15, 0.2) is 0 Å². The average molecular weight is 311 g/mol. The van der Waals surface area contributed by atoms with Gasteiger partial charge in [-0.3, -0.25) is 4.90 Å². The zero-order valence-electron chi connectivity index (χ0n) is 13.5. The van der Waals surface area contributed by atoms with Crippen molar-refractivity contribution in [3.8, 4) is 0 Å². The fourth-order valence-corrected chi connectivity index (χ4v) is 3.14. The molecule has 0 amide bonds. The summed E-state index contributed by atoms with van der Waals surface area (Å²) < 4.78 is 5.98. The summed E-state index contributed by atoms with van der Waals surface area (Å²) in [6.07, 6.45) is 1.48. The van der Waals surface area contributed by atoms with Crippen molar-refractivity contribution in [3.63, 3.8) is 0 Å². The molecule has 3 heteroatoms. The Labute approximate surface area is 138 Å². The third-order valence-electron chi connectivity index (χ3n) is 4.39. The predicted molar refractivity (Wildman–Crippen MR) is 92.0 cm³/mol. The molecule has 0 spiro atoms. The smallest absolute Gasteiger partial charge is 0.0928 e. The molecule has 0 radical (unpaired) electrons. The topological polar surface area (TPSA) is 32.7 Å². The van der Waals surface area contributed by atoms with Crippen LogP contribution in [0.25, 0.3) is 0 Å². The van der Waals surface area contributed by atoms with Crippen LogP contribution in [-0.2, 0) is 17.9 Å². The van der Waals surface area contributed by atoms with Crippen LogP contribution in [0, 0.1) is 0 Å². The Bertz CT molecular complexity index is 573. The number of nitrogens with zero attached hydrogens (tertiary/aromatic N) is 1. The fraction of sp³-hybridized carbons (Fsp3) is 0.400. The van der Waals surface area contributed by atoms with Crippen LogP contribution in [0.15, 0.2) is 60.7 Å². The summed E-state index contributed by atoms with van der Waals surface area (Å²) >= 11 is 0. The number of hydrogen-bond donors (Lipinski definition) is 1. The van der Waals surface area contributed by atoms with Gasteiger partial charge in [-0.05, 0) is 30.5 Å². The molecule has 2 atom stereocenters. The van der Waals surface area contributed by atoms with Crippen molar-refractivity contribution in [2.45, 2.75) is 38.2 Å². The summed E-state index contributed by atoms with van der Waals surface area (Å²) in [7, 11) is 0. The van der Waals surface area contributed by atoms with Crippen LogP contribution >= 0.6 is 0 Å². The lowest BCUT2D eigenvalue weighted by molar-refractivity contribution is -0.0510. The molecule has 122 valence electrons. The van der Waals surface area contributed by atoms with Crippen molar-refractivity contribution in [2.24, 2.45) is 0 Å². The van der Waals surface area contributed by atoms with E-state index >= 15 is 0 Å². The molecule has 2 aromatic carbocycles. The number of rotatable bonds is 5. The highest BCUT2D eigenvalue weighted by molar-refractivity contribution is 5.15. The second kappa shape index (κ2) is 8.25. The molecule has 1 heterocycles. The van der Waals surface area contributed by atoms with Crippen LogP contribution in [0.2, 0.25) is 0 Å². The first-order valence-corrected chi connectivity index (χ1v) is 8.41. The Balaban J connectivity index is 1.52. The second-order valence-corrected chi connectivity index (χ2v) is 6.27. The summed E-state index contributed by atoms with van der Waals surface area (Å²) in [5.41, 5.74) is 2.45. The monoisotopic (exact) mass is 311 g/mol. The van der Waals surface area contributed by atoms with Crippen LogP contribution in [0.3, 0.4) is 0 Å². The molecular weight excluding hydrogens is 286 g/mol. The van der Waals surface area contributed by atoms with Gasteiger partial charge in [0, 0.05) is 13.1 Å². The molecule has 0 bridgehead atoms. The minimum atomic E-state index is -0.426. The van der Waals surface area contributed by atoms with Gasteiger partial charge in [-0.1, -0.05) is 60.7 Å². The molecule has 1 saturated heterocycles. The van der Waals surface area contributed by atoms with Crippen LogP contribution in [-0.4, -0.2) is 35.3 Å². The molecule has 0 unspecified atom stereocenters. The van der Waals surface area contributed by atoms with Crippen LogP contribution < -0.4 is 0 Å². The van der Waals surface area contributed by atoms with Gasteiger partial charge in [0.25, 0.3) is 0 Å². The van der Waals surface area contributed by atoms with E-state index in [2.05, 4.69) is 41.3 Å². The van der Waals surface area contributed by atoms with Crippen LogP contribution in [0.4, 0.5) is 0 Å². The molecule has 1 N–H and O–H groups in total. The Kier molecular flexibility index (Phi) is 5.81. The average Bonchev–Trinajstić information content (AvgIpc) is 2.76. The lowest BCUT2D eigenvalue weighted by atomic mass is 10.1. The first kappa shape index (κ1) is 16.2. The highest BCUT2D eigenvalue weighted by atomic mass is 16.5. The Morgan fingerprint density at radius 1 is 0.957 bits per heavy atom. The number of aliphatic hydroxyl groups is 1. The largest absolute Gasteiger partial charge is 0.389 e. The number of likely N-dealkylation sites (tertiary alicyclic amines) is 1. The maximum atomic E-state index is 10.5. The molecular formula is C20H25NO2. The molecule has 0 saturated carbocycles. The van der Waals surface area contributed by atoms with Crippen LogP contribution in [0.1, 0.15) is 24.0 Å². The Morgan fingerprint density at radius 2 is 1.61 bits per heavy atom. The van der Waals surface area contributed by atoms with E-state index in [9.17, 15) is 5.11 Å². The van der Waals surface area contributed by atoms with Gasteiger partial charge in [0.2, 0.25) is 0 Å². The van der Waals surface area contributed by atoms with E-state index in [1.54, 1.807) is 0 Å². The summed E-state index contributed by atoms with van der Waals surface area (Å²) in [5, 5.41) is 10.5. The maximum Gasteiger partial charge on any atom is 0.0928 e. The van der Waals surface area contributed by atoms with Gasteiger partial charge in [-0.2, -0.15) is 0 Å². The normalized spacial score (nSPS) is 22.7. The number of aliphatic hydroxyl groups excluding tert-OH is 1. The molecule has 2 aromatic rings. The molecule has 1 aliphatic heterocycles. The van der Waals surface area contributed by atoms with Crippen LogP contribution in [0.5, 0.6) is 0 Å². The number of benzene rings is 2. The molecule has 23 heavy (non-hydrogen) atoms. The summed E-state index contributed by atoms with van der Waals surface area (Å²) in [6, 6.07) is 20.6.